The van der Waals surface area contributed by atoms with Crippen LogP contribution in [0.4, 0.5) is 0 Å². The maximum Gasteiger partial charge on any atom is 0.135 e. The van der Waals surface area contributed by atoms with Gasteiger partial charge >= 0.3 is 0 Å². The van der Waals surface area contributed by atoms with Crippen LogP contribution in [0.2, 0.25) is 0 Å². The van der Waals surface area contributed by atoms with Gasteiger partial charge in [-0.3, -0.25) is 0 Å². The van der Waals surface area contributed by atoms with Crippen LogP contribution in [-0.4, -0.2) is 16.5 Å². The quantitative estimate of drug-likeness (QED) is 0.849. The Labute approximate surface area is 97.5 Å². The Hall–Kier alpha value is -0.960. The van der Waals surface area contributed by atoms with Crippen LogP contribution in [-0.2, 0) is 5.41 Å². The SMILES string of the molecule is CC(C)(CN)c1nccc(C2CCCC2)n1. The first-order valence-corrected chi connectivity index (χ1v) is 6.17. The summed E-state index contributed by atoms with van der Waals surface area (Å²) < 4.78 is 0. The first-order valence-electron chi connectivity index (χ1n) is 6.17. The van der Waals surface area contributed by atoms with E-state index in [-0.39, 0.29) is 5.41 Å². The van der Waals surface area contributed by atoms with Gasteiger partial charge in [0.05, 0.1) is 0 Å². The Balaban J connectivity index is 2.25. The van der Waals surface area contributed by atoms with E-state index < -0.39 is 0 Å². The Morgan fingerprint density at radius 3 is 2.69 bits per heavy atom. The maximum absolute atomic E-state index is 5.76. The molecule has 0 aromatic carbocycles. The largest absolute Gasteiger partial charge is 0.329 e. The fourth-order valence-corrected chi connectivity index (χ4v) is 2.24. The van der Waals surface area contributed by atoms with E-state index in [1.54, 1.807) is 0 Å². The molecular formula is C13H21N3. The Morgan fingerprint density at radius 1 is 1.38 bits per heavy atom. The minimum atomic E-state index is -0.116. The van der Waals surface area contributed by atoms with Crippen molar-refractivity contribution in [2.75, 3.05) is 6.54 Å². The molecule has 0 saturated heterocycles. The molecule has 2 rings (SSSR count). The molecule has 0 aliphatic heterocycles. The van der Waals surface area contributed by atoms with E-state index in [4.69, 9.17) is 10.7 Å². The highest BCUT2D eigenvalue weighted by Gasteiger charge is 2.24. The molecule has 0 atom stereocenters. The van der Waals surface area contributed by atoms with Crippen LogP contribution in [0.25, 0.3) is 0 Å². The second-order valence-electron chi connectivity index (χ2n) is 5.37. The topological polar surface area (TPSA) is 51.8 Å². The molecule has 16 heavy (non-hydrogen) atoms. The fraction of sp³-hybridized carbons (Fsp3) is 0.692. The van der Waals surface area contributed by atoms with E-state index in [9.17, 15) is 0 Å². The molecule has 1 aliphatic rings. The van der Waals surface area contributed by atoms with Gasteiger partial charge in [-0.2, -0.15) is 0 Å². The molecule has 2 N–H and O–H groups in total. The van der Waals surface area contributed by atoms with Crippen molar-refractivity contribution in [1.29, 1.82) is 0 Å². The minimum absolute atomic E-state index is 0.116. The monoisotopic (exact) mass is 219 g/mol. The van der Waals surface area contributed by atoms with Crippen LogP contribution in [0.3, 0.4) is 0 Å². The summed E-state index contributed by atoms with van der Waals surface area (Å²) in [5, 5.41) is 0. The lowest BCUT2D eigenvalue weighted by atomic mass is 9.92. The zero-order valence-electron chi connectivity index (χ0n) is 10.2. The minimum Gasteiger partial charge on any atom is -0.329 e. The van der Waals surface area contributed by atoms with Crippen LogP contribution < -0.4 is 5.73 Å². The van der Waals surface area contributed by atoms with Crippen molar-refractivity contribution in [1.82, 2.24) is 9.97 Å². The third-order valence-corrected chi connectivity index (χ3v) is 3.57. The van der Waals surface area contributed by atoms with Gasteiger partial charge in [0.1, 0.15) is 5.82 Å². The summed E-state index contributed by atoms with van der Waals surface area (Å²) in [6, 6.07) is 2.06. The summed E-state index contributed by atoms with van der Waals surface area (Å²) in [7, 11) is 0. The van der Waals surface area contributed by atoms with Gasteiger partial charge in [-0.15, -0.1) is 0 Å². The van der Waals surface area contributed by atoms with Gasteiger partial charge in [-0.05, 0) is 18.9 Å². The van der Waals surface area contributed by atoms with Gasteiger partial charge in [0.2, 0.25) is 0 Å². The van der Waals surface area contributed by atoms with Gasteiger partial charge in [0.15, 0.2) is 0 Å². The molecule has 1 aromatic rings. The Kier molecular flexibility index (Phi) is 3.24. The fourth-order valence-electron chi connectivity index (χ4n) is 2.24. The van der Waals surface area contributed by atoms with Crippen molar-refractivity contribution in [3.8, 4) is 0 Å². The molecule has 3 heteroatoms. The summed E-state index contributed by atoms with van der Waals surface area (Å²) in [4.78, 5) is 9.07. The Morgan fingerprint density at radius 2 is 2.06 bits per heavy atom. The average Bonchev–Trinajstić information content (AvgIpc) is 2.83. The molecule has 0 radical (unpaired) electrons. The van der Waals surface area contributed by atoms with Crippen LogP contribution in [0, 0.1) is 0 Å². The number of aromatic nitrogens is 2. The van der Waals surface area contributed by atoms with Gasteiger partial charge in [0.25, 0.3) is 0 Å². The second kappa shape index (κ2) is 4.50. The summed E-state index contributed by atoms with van der Waals surface area (Å²) in [6.07, 6.45) is 7.11. The first kappa shape index (κ1) is 11.5. The van der Waals surface area contributed by atoms with Crippen LogP contribution in [0.1, 0.15) is 57.0 Å². The summed E-state index contributed by atoms with van der Waals surface area (Å²) in [5.41, 5.74) is 6.86. The third kappa shape index (κ3) is 2.24. The second-order valence-corrected chi connectivity index (χ2v) is 5.37. The lowest BCUT2D eigenvalue weighted by Gasteiger charge is -2.21. The van der Waals surface area contributed by atoms with E-state index in [1.165, 1.54) is 31.4 Å². The lowest BCUT2D eigenvalue weighted by molar-refractivity contribution is 0.495. The number of hydrogen-bond donors (Lipinski definition) is 1. The average molecular weight is 219 g/mol. The first-order chi connectivity index (χ1) is 7.63. The number of hydrogen-bond acceptors (Lipinski definition) is 3. The summed E-state index contributed by atoms with van der Waals surface area (Å²) in [5.74, 6) is 1.54. The zero-order chi connectivity index (χ0) is 11.6. The molecule has 0 spiro atoms. The molecule has 1 aromatic heterocycles. The van der Waals surface area contributed by atoms with E-state index in [2.05, 4.69) is 24.9 Å². The standard InChI is InChI=1S/C13H21N3/c1-13(2,9-14)12-15-8-7-11(16-12)10-5-3-4-6-10/h7-8,10H,3-6,9,14H2,1-2H3. The van der Waals surface area contributed by atoms with Gasteiger partial charge < -0.3 is 5.73 Å². The van der Waals surface area contributed by atoms with Crippen LogP contribution >= 0.6 is 0 Å². The molecule has 3 nitrogen and oxygen atoms in total. The molecule has 0 bridgehead atoms. The van der Waals surface area contributed by atoms with Crippen molar-refractivity contribution in [2.24, 2.45) is 5.73 Å². The van der Waals surface area contributed by atoms with Crippen molar-refractivity contribution in [3.63, 3.8) is 0 Å². The molecule has 0 unspecified atom stereocenters. The molecule has 1 aliphatic carbocycles. The summed E-state index contributed by atoms with van der Waals surface area (Å²) in [6.45, 7) is 4.78. The Bertz CT molecular complexity index is 354. The normalized spacial score (nSPS) is 17.9. The smallest absolute Gasteiger partial charge is 0.135 e. The summed E-state index contributed by atoms with van der Waals surface area (Å²) >= 11 is 0. The predicted molar refractivity (Wildman–Crippen MR) is 65.3 cm³/mol. The van der Waals surface area contributed by atoms with E-state index >= 15 is 0 Å². The number of rotatable bonds is 3. The van der Waals surface area contributed by atoms with Crippen molar-refractivity contribution < 1.29 is 0 Å². The van der Waals surface area contributed by atoms with Crippen molar-refractivity contribution in [2.45, 2.75) is 50.9 Å². The van der Waals surface area contributed by atoms with Crippen LogP contribution in [0.15, 0.2) is 12.3 Å². The van der Waals surface area contributed by atoms with Gasteiger partial charge in [0, 0.05) is 29.8 Å². The lowest BCUT2D eigenvalue weighted by Crippen LogP contribution is -2.30. The highest BCUT2D eigenvalue weighted by molar-refractivity contribution is 5.14. The molecule has 88 valence electrons. The van der Waals surface area contributed by atoms with E-state index in [0.29, 0.717) is 12.5 Å². The molecule has 0 amide bonds. The van der Waals surface area contributed by atoms with Gasteiger partial charge in [-0.1, -0.05) is 26.7 Å². The molecule has 1 heterocycles. The van der Waals surface area contributed by atoms with E-state index in [1.807, 2.05) is 6.20 Å². The molecular weight excluding hydrogens is 198 g/mol. The maximum atomic E-state index is 5.76. The molecule has 1 saturated carbocycles. The number of nitrogens with two attached hydrogens (primary N) is 1. The predicted octanol–water partition coefficient (Wildman–Crippen LogP) is 2.37. The van der Waals surface area contributed by atoms with Crippen molar-refractivity contribution in [3.05, 3.63) is 23.8 Å². The van der Waals surface area contributed by atoms with E-state index in [0.717, 1.165) is 5.82 Å². The van der Waals surface area contributed by atoms with Crippen LogP contribution in [0.5, 0.6) is 0 Å². The zero-order valence-corrected chi connectivity index (χ0v) is 10.2. The third-order valence-electron chi connectivity index (χ3n) is 3.57. The highest BCUT2D eigenvalue weighted by Crippen LogP contribution is 2.33. The number of nitrogens with zero attached hydrogens (tertiary/aromatic N) is 2. The van der Waals surface area contributed by atoms with Crippen molar-refractivity contribution >= 4 is 0 Å². The van der Waals surface area contributed by atoms with Gasteiger partial charge in [-0.25, -0.2) is 9.97 Å². The highest BCUT2D eigenvalue weighted by atomic mass is 14.9. The molecule has 1 fully saturated rings.